The van der Waals surface area contributed by atoms with Gasteiger partial charge in [0.25, 0.3) is 0 Å². The van der Waals surface area contributed by atoms with Gasteiger partial charge in [-0.25, -0.2) is 12.8 Å². The molecule has 0 aliphatic heterocycles. The van der Waals surface area contributed by atoms with Gasteiger partial charge in [-0.15, -0.1) is 0 Å². The van der Waals surface area contributed by atoms with E-state index in [0.29, 0.717) is 6.42 Å². The molecule has 0 bridgehead atoms. The van der Waals surface area contributed by atoms with Crippen molar-refractivity contribution < 1.29 is 27.5 Å². The second kappa shape index (κ2) is 8.05. The summed E-state index contributed by atoms with van der Waals surface area (Å²) in [5.74, 6) is -2.24. The van der Waals surface area contributed by atoms with Crippen LogP contribution in [0.15, 0.2) is 29.2 Å². The third-order valence-corrected chi connectivity index (χ3v) is 5.46. The molecular weight excluding hydrogens is 325 g/mol. The maximum absolute atomic E-state index is 12.9. The van der Waals surface area contributed by atoms with Gasteiger partial charge in [0.1, 0.15) is 12.4 Å². The van der Waals surface area contributed by atoms with E-state index < -0.39 is 39.3 Å². The van der Waals surface area contributed by atoms with Crippen LogP contribution >= 0.6 is 0 Å². The third kappa shape index (κ3) is 5.31. The summed E-state index contributed by atoms with van der Waals surface area (Å²) in [7, 11) is -3.79. The number of amides is 1. The zero-order valence-electron chi connectivity index (χ0n) is 13.0. The van der Waals surface area contributed by atoms with Gasteiger partial charge < -0.3 is 10.0 Å². The first-order valence-electron chi connectivity index (χ1n) is 7.17. The molecule has 0 heterocycles. The zero-order chi connectivity index (χ0) is 17.6. The molecule has 0 spiro atoms. The Kier molecular flexibility index (Phi) is 6.68. The van der Waals surface area contributed by atoms with Crippen molar-refractivity contribution in [2.75, 3.05) is 13.1 Å². The number of carbonyl (C=O) groups is 2. The van der Waals surface area contributed by atoms with Crippen LogP contribution in [0.4, 0.5) is 4.39 Å². The minimum Gasteiger partial charge on any atom is -0.480 e. The minimum absolute atomic E-state index is 0.0699. The highest BCUT2D eigenvalue weighted by Gasteiger charge is 2.28. The second-order valence-corrected chi connectivity index (χ2v) is 7.59. The monoisotopic (exact) mass is 345 g/mol. The fraction of sp³-hybridized carbons (Fsp3) is 0.467. The molecule has 1 rings (SSSR count). The molecule has 1 amide bonds. The molecule has 1 aromatic rings. The van der Waals surface area contributed by atoms with Crippen molar-refractivity contribution in [3.63, 3.8) is 0 Å². The highest BCUT2D eigenvalue weighted by molar-refractivity contribution is 7.92. The smallest absolute Gasteiger partial charge is 0.323 e. The topological polar surface area (TPSA) is 91.8 Å². The fourth-order valence-corrected chi connectivity index (χ4v) is 3.41. The van der Waals surface area contributed by atoms with E-state index in [2.05, 4.69) is 0 Å². The predicted molar refractivity (Wildman–Crippen MR) is 82.2 cm³/mol. The molecule has 1 atom stereocenters. The van der Waals surface area contributed by atoms with Crippen molar-refractivity contribution in [2.24, 2.45) is 0 Å². The summed E-state index contributed by atoms with van der Waals surface area (Å²) in [5.41, 5.74) is 0. The normalized spacial score (nSPS) is 12.7. The maximum Gasteiger partial charge on any atom is 0.323 e. The lowest BCUT2D eigenvalue weighted by atomic mass is 10.2. The first kappa shape index (κ1) is 19.1. The summed E-state index contributed by atoms with van der Waals surface area (Å²) in [6.07, 6.45) is 0.241. The lowest BCUT2D eigenvalue weighted by Gasteiger charge is -2.22. The van der Waals surface area contributed by atoms with E-state index in [1.807, 2.05) is 0 Å². The lowest BCUT2D eigenvalue weighted by Crippen LogP contribution is -2.38. The summed E-state index contributed by atoms with van der Waals surface area (Å²) in [6, 6.07) is 4.36. The van der Waals surface area contributed by atoms with Crippen LogP contribution in [0, 0.1) is 5.82 Å². The van der Waals surface area contributed by atoms with Crippen molar-refractivity contribution >= 4 is 21.7 Å². The van der Waals surface area contributed by atoms with Gasteiger partial charge in [-0.05, 0) is 37.6 Å². The highest BCUT2D eigenvalue weighted by atomic mass is 32.2. The van der Waals surface area contributed by atoms with Gasteiger partial charge in [0.2, 0.25) is 5.91 Å². The molecule has 0 saturated heterocycles. The molecule has 0 aliphatic rings. The Morgan fingerprint density at radius 3 is 2.30 bits per heavy atom. The molecule has 0 aliphatic carbocycles. The third-order valence-electron chi connectivity index (χ3n) is 3.31. The van der Waals surface area contributed by atoms with Crippen LogP contribution in [-0.4, -0.2) is 48.6 Å². The van der Waals surface area contributed by atoms with Crippen molar-refractivity contribution in [3.8, 4) is 0 Å². The molecule has 1 unspecified atom stereocenters. The number of carboxylic acid groups (broad SMARTS) is 1. The van der Waals surface area contributed by atoms with Gasteiger partial charge in [0.05, 0.1) is 10.1 Å². The fourth-order valence-electron chi connectivity index (χ4n) is 2.07. The Bertz CT molecular complexity index is 657. The molecular formula is C15H20FNO5S. The Morgan fingerprint density at radius 2 is 1.83 bits per heavy atom. The first-order chi connectivity index (χ1) is 10.7. The Hall–Kier alpha value is -1.96. The van der Waals surface area contributed by atoms with Crippen LogP contribution in [0.1, 0.15) is 26.7 Å². The molecule has 1 aromatic carbocycles. The maximum atomic E-state index is 12.9. The van der Waals surface area contributed by atoms with Crippen LogP contribution in [0.3, 0.4) is 0 Å². The Balaban J connectivity index is 2.87. The molecule has 128 valence electrons. The van der Waals surface area contributed by atoms with E-state index in [1.54, 1.807) is 6.92 Å². The number of carbonyl (C=O) groups excluding carboxylic acids is 1. The van der Waals surface area contributed by atoms with E-state index in [-0.39, 0.29) is 17.9 Å². The standard InChI is InChI=1S/C15H20FNO5S/c1-3-8-17(10-15(19)20)14(18)9-11(2)23(21,22)13-6-4-12(16)5-7-13/h4-7,11H,3,8-10H2,1-2H3,(H,19,20). The van der Waals surface area contributed by atoms with Gasteiger partial charge >= 0.3 is 5.97 Å². The van der Waals surface area contributed by atoms with Crippen LogP contribution in [0.5, 0.6) is 0 Å². The predicted octanol–water partition coefficient (Wildman–Crippen LogP) is 1.70. The molecule has 8 heteroatoms. The number of nitrogens with zero attached hydrogens (tertiary/aromatic N) is 1. The van der Waals surface area contributed by atoms with E-state index in [0.717, 1.165) is 29.2 Å². The molecule has 0 saturated carbocycles. The number of hydrogen-bond donors (Lipinski definition) is 1. The number of sulfone groups is 1. The molecule has 0 radical (unpaired) electrons. The largest absolute Gasteiger partial charge is 0.480 e. The van der Waals surface area contributed by atoms with Gasteiger partial charge in [-0.3, -0.25) is 9.59 Å². The minimum atomic E-state index is -3.79. The van der Waals surface area contributed by atoms with Crippen LogP contribution in [-0.2, 0) is 19.4 Å². The lowest BCUT2D eigenvalue weighted by molar-refractivity contribution is -0.144. The molecule has 6 nitrogen and oxygen atoms in total. The molecule has 1 N–H and O–H groups in total. The van der Waals surface area contributed by atoms with Crippen LogP contribution in [0.2, 0.25) is 0 Å². The number of hydrogen-bond acceptors (Lipinski definition) is 4. The van der Waals surface area contributed by atoms with Gasteiger partial charge in [-0.2, -0.15) is 0 Å². The van der Waals surface area contributed by atoms with Gasteiger partial charge in [0, 0.05) is 13.0 Å². The van der Waals surface area contributed by atoms with Crippen LogP contribution < -0.4 is 0 Å². The van der Waals surface area contributed by atoms with Gasteiger partial charge in [-0.1, -0.05) is 6.92 Å². The molecule has 0 fully saturated rings. The van der Waals surface area contributed by atoms with Gasteiger partial charge in [0.15, 0.2) is 9.84 Å². The first-order valence-corrected chi connectivity index (χ1v) is 8.72. The SMILES string of the molecule is CCCN(CC(=O)O)C(=O)CC(C)S(=O)(=O)c1ccc(F)cc1. The summed E-state index contributed by atoms with van der Waals surface area (Å²) in [4.78, 5) is 24.0. The summed E-state index contributed by atoms with van der Waals surface area (Å²) in [6.45, 7) is 2.95. The quantitative estimate of drug-likeness (QED) is 0.724. The van der Waals surface area contributed by atoms with E-state index in [9.17, 15) is 22.4 Å². The van der Waals surface area contributed by atoms with Crippen molar-refractivity contribution in [3.05, 3.63) is 30.1 Å². The van der Waals surface area contributed by atoms with Crippen molar-refractivity contribution in [1.29, 1.82) is 0 Å². The highest BCUT2D eigenvalue weighted by Crippen LogP contribution is 2.19. The average molecular weight is 345 g/mol. The summed E-state index contributed by atoms with van der Waals surface area (Å²) < 4.78 is 37.6. The molecule has 0 aromatic heterocycles. The number of carboxylic acids is 1. The number of rotatable bonds is 8. The second-order valence-electron chi connectivity index (χ2n) is 5.22. The summed E-state index contributed by atoms with van der Waals surface area (Å²) >= 11 is 0. The van der Waals surface area contributed by atoms with E-state index >= 15 is 0 Å². The van der Waals surface area contributed by atoms with Crippen molar-refractivity contribution in [1.82, 2.24) is 4.90 Å². The zero-order valence-corrected chi connectivity index (χ0v) is 13.8. The number of benzene rings is 1. The average Bonchev–Trinajstić information content (AvgIpc) is 2.46. The summed E-state index contributed by atoms with van der Waals surface area (Å²) in [5, 5.41) is 7.78. The van der Waals surface area contributed by atoms with Crippen molar-refractivity contribution in [2.45, 2.75) is 36.8 Å². The molecule has 23 heavy (non-hydrogen) atoms. The number of aliphatic carboxylic acids is 1. The van der Waals surface area contributed by atoms with E-state index in [4.69, 9.17) is 5.11 Å². The number of halogens is 1. The Morgan fingerprint density at radius 1 is 1.26 bits per heavy atom. The van der Waals surface area contributed by atoms with E-state index in [1.165, 1.54) is 6.92 Å². The Labute approximate surface area is 134 Å². The van der Waals surface area contributed by atoms with Crippen LogP contribution in [0.25, 0.3) is 0 Å².